The van der Waals surface area contributed by atoms with Crippen molar-refractivity contribution >= 4 is 23.5 Å². The molecule has 6 nitrogen and oxygen atoms in total. The molecular weight excluding hydrogens is 428 g/mol. The first kappa shape index (κ1) is 22.4. The van der Waals surface area contributed by atoms with Gasteiger partial charge in [0.1, 0.15) is 17.2 Å². The number of aromatic nitrogens is 2. The number of hydrogen-bond acceptors (Lipinski definition) is 4. The van der Waals surface area contributed by atoms with Gasteiger partial charge in [0.05, 0.1) is 17.1 Å². The second-order valence-electron chi connectivity index (χ2n) is 6.96. The van der Waals surface area contributed by atoms with E-state index in [0.717, 1.165) is 0 Å². The summed E-state index contributed by atoms with van der Waals surface area (Å²) in [6.45, 7) is 2.72. The number of halogens is 3. The van der Waals surface area contributed by atoms with E-state index in [1.54, 1.807) is 13.8 Å². The van der Waals surface area contributed by atoms with Crippen molar-refractivity contribution in [3.05, 3.63) is 81.6 Å². The normalized spacial score (nSPS) is 10.8. The molecule has 1 amide bonds. The van der Waals surface area contributed by atoms with Crippen molar-refractivity contribution in [1.82, 2.24) is 14.7 Å². The number of esters is 1. The van der Waals surface area contributed by atoms with Gasteiger partial charge in [0.2, 0.25) is 0 Å². The fourth-order valence-electron chi connectivity index (χ4n) is 3.09. The minimum Gasteiger partial charge on any atom is -0.452 e. The van der Waals surface area contributed by atoms with Gasteiger partial charge in [-0.2, -0.15) is 5.10 Å². The fourth-order valence-corrected chi connectivity index (χ4v) is 3.31. The highest BCUT2D eigenvalue weighted by Crippen LogP contribution is 2.21. The smallest absolute Gasteiger partial charge is 0.342 e. The van der Waals surface area contributed by atoms with Crippen LogP contribution in [0.25, 0.3) is 5.69 Å². The standard InChI is InChI=1S/C22H20ClF2N3O3/c1-13-21(14(2)28(26-13)16-9-7-15(24)8-10-16)22(30)31-12-20(29)27(3)11-17-18(23)5-4-6-19(17)25/h4-10H,11-12H2,1-3H3. The third kappa shape index (κ3) is 4.91. The van der Waals surface area contributed by atoms with Gasteiger partial charge in [-0.25, -0.2) is 18.3 Å². The van der Waals surface area contributed by atoms with Gasteiger partial charge in [-0.05, 0) is 50.2 Å². The molecule has 0 bridgehead atoms. The van der Waals surface area contributed by atoms with Crippen molar-refractivity contribution in [1.29, 1.82) is 0 Å². The fraction of sp³-hybridized carbons (Fsp3) is 0.227. The Morgan fingerprint density at radius 2 is 1.81 bits per heavy atom. The Balaban J connectivity index is 1.68. The van der Waals surface area contributed by atoms with E-state index in [1.165, 1.54) is 59.1 Å². The van der Waals surface area contributed by atoms with Gasteiger partial charge in [0.25, 0.3) is 5.91 Å². The van der Waals surface area contributed by atoms with Crippen LogP contribution in [0.2, 0.25) is 5.02 Å². The van der Waals surface area contributed by atoms with Gasteiger partial charge in [-0.1, -0.05) is 17.7 Å². The van der Waals surface area contributed by atoms with E-state index in [4.69, 9.17) is 16.3 Å². The van der Waals surface area contributed by atoms with E-state index in [9.17, 15) is 18.4 Å². The first-order chi connectivity index (χ1) is 14.7. The molecule has 0 N–H and O–H groups in total. The molecular formula is C22H20ClF2N3O3. The molecule has 162 valence electrons. The quantitative estimate of drug-likeness (QED) is 0.530. The summed E-state index contributed by atoms with van der Waals surface area (Å²) in [6.07, 6.45) is 0. The van der Waals surface area contributed by atoms with Crippen LogP contribution >= 0.6 is 11.6 Å². The monoisotopic (exact) mass is 447 g/mol. The lowest BCUT2D eigenvalue weighted by molar-refractivity contribution is -0.133. The van der Waals surface area contributed by atoms with Crippen LogP contribution in [0, 0.1) is 25.5 Å². The Kier molecular flexibility index (Phi) is 6.70. The maximum atomic E-state index is 13.9. The lowest BCUT2D eigenvalue weighted by Gasteiger charge is -2.18. The first-order valence-electron chi connectivity index (χ1n) is 9.35. The lowest BCUT2D eigenvalue weighted by Crippen LogP contribution is -2.31. The molecule has 0 saturated heterocycles. The summed E-state index contributed by atoms with van der Waals surface area (Å²) in [7, 11) is 1.46. The predicted molar refractivity (Wildman–Crippen MR) is 111 cm³/mol. The summed E-state index contributed by atoms with van der Waals surface area (Å²) in [4.78, 5) is 26.2. The third-order valence-electron chi connectivity index (χ3n) is 4.78. The second-order valence-corrected chi connectivity index (χ2v) is 7.37. The van der Waals surface area contributed by atoms with E-state index in [0.29, 0.717) is 17.1 Å². The highest BCUT2D eigenvalue weighted by Gasteiger charge is 2.23. The van der Waals surface area contributed by atoms with Gasteiger partial charge in [0.15, 0.2) is 6.61 Å². The molecule has 0 unspecified atom stereocenters. The zero-order valence-corrected chi connectivity index (χ0v) is 17.9. The number of hydrogen-bond donors (Lipinski definition) is 0. The summed E-state index contributed by atoms with van der Waals surface area (Å²) in [5.41, 5.74) is 1.88. The molecule has 3 rings (SSSR count). The number of rotatable bonds is 6. The summed E-state index contributed by atoms with van der Waals surface area (Å²) >= 11 is 5.99. The SMILES string of the molecule is Cc1nn(-c2ccc(F)cc2)c(C)c1C(=O)OCC(=O)N(C)Cc1c(F)cccc1Cl. The highest BCUT2D eigenvalue weighted by atomic mass is 35.5. The van der Waals surface area contributed by atoms with Crippen molar-refractivity contribution in [3.63, 3.8) is 0 Å². The molecule has 3 aromatic rings. The van der Waals surface area contributed by atoms with Crippen molar-refractivity contribution in [3.8, 4) is 5.69 Å². The largest absolute Gasteiger partial charge is 0.452 e. The van der Waals surface area contributed by atoms with E-state index in [-0.39, 0.29) is 28.5 Å². The topological polar surface area (TPSA) is 64.4 Å². The summed E-state index contributed by atoms with van der Waals surface area (Å²) in [6, 6.07) is 9.92. The maximum Gasteiger partial charge on any atom is 0.342 e. The molecule has 1 aromatic heterocycles. The average molecular weight is 448 g/mol. The lowest BCUT2D eigenvalue weighted by atomic mass is 10.2. The number of aryl methyl sites for hydroxylation is 1. The minimum atomic E-state index is -0.714. The number of nitrogens with zero attached hydrogens (tertiary/aromatic N) is 3. The number of carbonyl (C=O) groups is 2. The Hall–Kier alpha value is -3.26. The Morgan fingerprint density at radius 3 is 2.45 bits per heavy atom. The average Bonchev–Trinajstić information content (AvgIpc) is 3.03. The van der Waals surface area contributed by atoms with Gasteiger partial charge >= 0.3 is 5.97 Å². The molecule has 9 heteroatoms. The highest BCUT2D eigenvalue weighted by molar-refractivity contribution is 6.31. The molecule has 0 aliphatic rings. The van der Waals surface area contributed by atoms with Crippen LogP contribution < -0.4 is 0 Å². The molecule has 0 aliphatic carbocycles. The number of benzene rings is 2. The van der Waals surface area contributed by atoms with Crippen molar-refractivity contribution in [2.45, 2.75) is 20.4 Å². The molecule has 0 aliphatic heterocycles. The van der Waals surface area contributed by atoms with Crippen LogP contribution in [-0.2, 0) is 16.1 Å². The maximum absolute atomic E-state index is 13.9. The molecule has 0 saturated carbocycles. The van der Waals surface area contributed by atoms with Crippen LogP contribution in [0.5, 0.6) is 0 Å². The Morgan fingerprint density at radius 1 is 1.13 bits per heavy atom. The van der Waals surface area contributed by atoms with E-state index < -0.39 is 24.3 Å². The molecule has 0 atom stereocenters. The Bertz CT molecular complexity index is 1110. The molecule has 0 spiro atoms. The van der Waals surface area contributed by atoms with Crippen LogP contribution in [-0.4, -0.2) is 40.2 Å². The molecule has 2 aromatic carbocycles. The van der Waals surface area contributed by atoms with Crippen LogP contribution in [0.3, 0.4) is 0 Å². The van der Waals surface area contributed by atoms with Crippen molar-refractivity contribution in [2.75, 3.05) is 13.7 Å². The first-order valence-corrected chi connectivity index (χ1v) is 9.73. The number of ether oxygens (including phenoxy) is 1. The Labute approximate surface area is 183 Å². The van der Waals surface area contributed by atoms with E-state index in [1.807, 2.05) is 0 Å². The second kappa shape index (κ2) is 9.26. The number of likely N-dealkylation sites (N-methyl/N-ethyl adjacent to an activating group) is 1. The molecule has 0 radical (unpaired) electrons. The van der Waals surface area contributed by atoms with E-state index in [2.05, 4.69) is 5.10 Å². The van der Waals surface area contributed by atoms with Gasteiger partial charge in [0, 0.05) is 24.2 Å². The zero-order valence-electron chi connectivity index (χ0n) is 17.2. The van der Waals surface area contributed by atoms with Gasteiger partial charge in [-0.3, -0.25) is 4.79 Å². The van der Waals surface area contributed by atoms with E-state index >= 15 is 0 Å². The van der Waals surface area contributed by atoms with Crippen molar-refractivity contribution in [2.24, 2.45) is 0 Å². The van der Waals surface area contributed by atoms with Crippen LogP contribution in [0.15, 0.2) is 42.5 Å². The zero-order chi connectivity index (χ0) is 22.7. The molecule has 1 heterocycles. The van der Waals surface area contributed by atoms with Gasteiger partial charge < -0.3 is 9.64 Å². The number of carbonyl (C=O) groups excluding carboxylic acids is 2. The minimum absolute atomic E-state index is 0.0670. The van der Waals surface area contributed by atoms with Crippen molar-refractivity contribution < 1.29 is 23.1 Å². The van der Waals surface area contributed by atoms with Gasteiger partial charge in [-0.15, -0.1) is 0 Å². The summed E-state index contributed by atoms with van der Waals surface area (Å²) < 4.78 is 33.8. The summed E-state index contributed by atoms with van der Waals surface area (Å²) in [5, 5.41) is 4.52. The third-order valence-corrected chi connectivity index (χ3v) is 5.13. The van der Waals surface area contributed by atoms with Crippen LogP contribution in [0.1, 0.15) is 27.3 Å². The number of amides is 1. The summed E-state index contributed by atoms with van der Waals surface area (Å²) in [5.74, 6) is -2.14. The predicted octanol–water partition coefficient (Wildman–Crippen LogP) is 4.24. The molecule has 31 heavy (non-hydrogen) atoms. The van der Waals surface area contributed by atoms with Crippen LogP contribution in [0.4, 0.5) is 8.78 Å². The molecule has 0 fully saturated rings.